The average Bonchev–Trinajstić information content (AvgIpc) is 3.08. The monoisotopic (exact) mass is 347 g/mol. The second kappa shape index (κ2) is 6.77. The minimum atomic E-state index is -0.0606. The number of pyridine rings is 1. The second-order valence-corrected chi connectivity index (χ2v) is 6.46. The molecule has 0 fully saturated rings. The SMILES string of the molecule is COc1ccc(C(=O)n2cc(C3=CCNCC3)c3ncccc32)cc1C. The Balaban J connectivity index is 1.82. The van der Waals surface area contributed by atoms with Gasteiger partial charge in [0.25, 0.3) is 5.91 Å². The van der Waals surface area contributed by atoms with Gasteiger partial charge in [-0.15, -0.1) is 0 Å². The van der Waals surface area contributed by atoms with Gasteiger partial charge in [-0.05, 0) is 61.4 Å². The van der Waals surface area contributed by atoms with E-state index in [1.807, 2.05) is 37.4 Å². The first-order valence-corrected chi connectivity index (χ1v) is 8.74. The lowest BCUT2D eigenvalue weighted by atomic mass is 10.0. The van der Waals surface area contributed by atoms with Crippen molar-refractivity contribution >= 4 is 22.5 Å². The summed E-state index contributed by atoms with van der Waals surface area (Å²) in [7, 11) is 1.63. The number of aryl methyl sites for hydroxylation is 1. The number of carbonyl (C=O) groups excluding carboxylic acids is 1. The Morgan fingerprint density at radius 3 is 2.92 bits per heavy atom. The van der Waals surface area contributed by atoms with Crippen molar-refractivity contribution < 1.29 is 9.53 Å². The van der Waals surface area contributed by atoms with E-state index in [4.69, 9.17) is 4.74 Å². The molecule has 132 valence electrons. The molecular weight excluding hydrogens is 326 g/mol. The van der Waals surface area contributed by atoms with Gasteiger partial charge in [-0.3, -0.25) is 14.3 Å². The van der Waals surface area contributed by atoms with Crippen molar-refractivity contribution in [2.24, 2.45) is 0 Å². The number of nitrogens with one attached hydrogen (secondary N) is 1. The molecule has 26 heavy (non-hydrogen) atoms. The first-order chi connectivity index (χ1) is 12.7. The molecule has 5 nitrogen and oxygen atoms in total. The van der Waals surface area contributed by atoms with Crippen LogP contribution in [0.2, 0.25) is 0 Å². The maximum Gasteiger partial charge on any atom is 0.262 e. The van der Waals surface area contributed by atoms with Gasteiger partial charge in [0.05, 0.1) is 18.1 Å². The first kappa shape index (κ1) is 16.5. The minimum Gasteiger partial charge on any atom is -0.496 e. The second-order valence-electron chi connectivity index (χ2n) is 6.46. The van der Waals surface area contributed by atoms with Crippen LogP contribution < -0.4 is 10.1 Å². The molecule has 1 aliphatic rings. The zero-order valence-corrected chi connectivity index (χ0v) is 15.0. The number of carbonyl (C=O) groups is 1. The van der Waals surface area contributed by atoms with Crippen LogP contribution >= 0.6 is 0 Å². The third kappa shape index (κ3) is 2.80. The molecule has 0 saturated carbocycles. The van der Waals surface area contributed by atoms with E-state index < -0.39 is 0 Å². The first-order valence-electron chi connectivity index (χ1n) is 8.74. The lowest BCUT2D eigenvalue weighted by molar-refractivity contribution is 0.0965. The van der Waals surface area contributed by atoms with Gasteiger partial charge in [-0.25, -0.2) is 0 Å². The zero-order chi connectivity index (χ0) is 18.1. The van der Waals surface area contributed by atoms with Gasteiger partial charge in [-0.2, -0.15) is 0 Å². The molecule has 2 aromatic heterocycles. The number of hydrogen-bond donors (Lipinski definition) is 1. The van der Waals surface area contributed by atoms with Gasteiger partial charge in [0, 0.05) is 30.1 Å². The van der Waals surface area contributed by atoms with Crippen LogP contribution in [0.25, 0.3) is 16.6 Å². The van der Waals surface area contributed by atoms with Crippen LogP contribution in [0.4, 0.5) is 0 Å². The lowest BCUT2D eigenvalue weighted by Crippen LogP contribution is -2.20. The highest BCUT2D eigenvalue weighted by atomic mass is 16.5. The smallest absolute Gasteiger partial charge is 0.262 e. The van der Waals surface area contributed by atoms with E-state index in [0.717, 1.165) is 47.4 Å². The van der Waals surface area contributed by atoms with Crippen molar-refractivity contribution in [3.63, 3.8) is 0 Å². The normalized spacial score (nSPS) is 14.3. The van der Waals surface area contributed by atoms with Gasteiger partial charge in [0.1, 0.15) is 5.75 Å². The van der Waals surface area contributed by atoms with E-state index in [2.05, 4.69) is 16.4 Å². The number of benzene rings is 1. The summed E-state index contributed by atoms with van der Waals surface area (Å²) >= 11 is 0. The van der Waals surface area contributed by atoms with Crippen molar-refractivity contribution in [2.75, 3.05) is 20.2 Å². The average molecular weight is 347 g/mol. The molecule has 3 aromatic rings. The number of nitrogens with zero attached hydrogens (tertiary/aromatic N) is 2. The van der Waals surface area contributed by atoms with Gasteiger partial charge >= 0.3 is 0 Å². The molecule has 1 aliphatic heterocycles. The van der Waals surface area contributed by atoms with Gasteiger partial charge in [0.2, 0.25) is 0 Å². The Bertz CT molecular complexity index is 1020. The van der Waals surface area contributed by atoms with E-state index in [9.17, 15) is 4.79 Å². The standard InChI is InChI=1S/C21H21N3O2/c1-14-12-16(5-6-19(14)26-2)21(25)24-13-17(15-7-10-22-11-8-15)20-18(24)4-3-9-23-20/h3-7,9,12-13,22H,8,10-11H2,1-2H3. The molecule has 0 saturated heterocycles. The Labute approximate surface area is 152 Å². The highest BCUT2D eigenvalue weighted by Gasteiger charge is 2.19. The molecule has 3 heterocycles. The van der Waals surface area contributed by atoms with Crippen LogP contribution in [-0.4, -0.2) is 35.7 Å². The number of fused-ring (bicyclic) bond motifs is 1. The Kier molecular flexibility index (Phi) is 4.31. The van der Waals surface area contributed by atoms with Crippen LogP contribution in [-0.2, 0) is 0 Å². The Morgan fingerprint density at radius 1 is 1.31 bits per heavy atom. The molecule has 0 amide bonds. The van der Waals surface area contributed by atoms with Crippen molar-refractivity contribution in [3.8, 4) is 5.75 Å². The quantitative estimate of drug-likeness (QED) is 0.789. The molecule has 1 aromatic carbocycles. The van der Waals surface area contributed by atoms with E-state index in [1.165, 1.54) is 5.57 Å². The highest BCUT2D eigenvalue weighted by molar-refractivity contribution is 6.04. The van der Waals surface area contributed by atoms with E-state index in [1.54, 1.807) is 23.9 Å². The molecule has 1 N–H and O–H groups in total. The summed E-state index contributed by atoms with van der Waals surface area (Å²) in [5.74, 6) is 0.718. The van der Waals surface area contributed by atoms with E-state index in [0.29, 0.717) is 5.56 Å². The maximum atomic E-state index is 13.2. The van der Waals surface area contributed by atoms with Gasteiger partial charge < -0.3 is 10.1 Å². The number of rotatable bonds is 3. The summed E-state index contributed by atoms with van der Waals surface area (Å²) in [6.07, 6.45) is 6.82. The van der Waals surface area contributed by atoms with Crippen LogP contribution in [0, 0.1) is 6.92 Å². The van der Waals surface area contributed by atoms with Gasteiger partial charge in [-0.1, -0.05) is 6.08 Å². The molecule has 0 aliphatic carbocycles. The minimum absolute atomic E-state index is 0.0606. The largest absolute Gasteiger partial charge is 0.496 e. The Morgan fingerprint density at radius 2 is 2.19 bits per heavy atom. The van der Waals surface area contributed by atoms with Crippen molar-refractivity contribution in [3.05, 3.63) is 65.5 Å². The van der Waals surface area contributed by atoms with Gasteiger partial charge in [0.15, 0.2) is 0 Å². The summed E-state index contributed by atoms with van der Waals surface area (Å²) in [5, 5.41) is 3.32. The molecule has 0 unspecified atom stereocenters. The summed E-state index contributed by atoms with van der Waals surface area (Å²) in [6.45, 7) is 3.73. The van der Waals surface area contributed by atoms with Crippen LogP contribution in [0.15, 0.2) is 48.8 Å². The fourth-order valence-electron chi connectivity index (χ4n) is 3.48. The predicted molar refractivity (Wildman–Crippen MR) is 103 cm³/mol. The van der Waals surface area contributed by atoms with Crippen LogP contribution in [0.3, 0.4) is 0 Å². The number of ether oxygens (including phenoxy) is 1. The number of hydrogen-bond acceptors (Lipinski definition) is 4. The topological polar surface area (TPSA) is 56.1 Å². The van der Waals surface area contributed by atoms with Crippen LogP contribution in [0.5, 0.6) is 5.75 Å². The summed E-state index contributed by atoms with van der Waals surface area (Å²) in [4.78, 5) is 17.7. The third-order valence-corrected chi connectivity index (χ3v) is 4.83. The fraction of sp³-hybridized carbons (Fsp3) is 0.238. The number of methoxy groups -OCH3 is 1. The Hall–Kier alpha value is -2.92. The highest BCUT2D eigenvalue weighted by Crippen LogP contribution is 2.29. The summed E-state index contributed by atoms with van der Waals surface area (Å²) in [6, 6.07) is 9.32. The molecule has 0 radical (unpaired) electrons. The molecular formula is C21H21N3O2. The third-order valence-electron chi connectivity index (χ3n) is 4.83. The fourth-order valence-corrected chi connectivity index (χ4v) is 3.48. The van der Waals surface area contributed by atoms with E-state index in [-0.39, 0.29) is 5.91 Å². The number of aromatic nitrogens is 2. The lowest BCUT2D eigenvalue weighted by Gasteiger charge is -2.12. The predicted octanol–water partition coefficient (Wildman–Crippen LogP) is 3.42. The van der Waals surface area contributed by atoms with Crippen molar-refractivity contribution in [1.82, 2.24) is 14.9 Å². The summed E-state index contributed by atoms with van der Waals surface area (Å²) in [5.41, 5.74) is 5.56. The molecule has 4 rings (SSSR count). The van der Waals surface area contributed by atoms with Crippen LogP contribution in [0.1, 0.15) is 27.9 Å². The van der Waals surface area contributed by atoms with Crippen molar-refractivity contribution in [1.29, 1.82) is 0 Å². The molecule has 5 heteroatoms. The van der Waals surface area contributed by atoms with E-state index >= 15 is 0 Å². The van der Waals surface area contributed by atoms with Crippen molar-refractivity contribution in [2.45, 2.75) is 13.3 Å². The molecule has 0 atom stereocenters. The maximum absolute atomic E-state index is 13.2. The zero-order valence-electron chi connectivity index (χ0n) is 15.0. The molecule has 0 spiro atoms. The molecule has 0 bridgehead atoms. The summed E-state index contributed by atoms with van der Waals surface area (Å²) < 4.78 is 7.01.